The number of guanidine groups is 1. The lowest BCUT2D eigenvalue weighted by atomic mass is 9.47. The van der Waals surface area contributed by atoms with Crippen LogP contribution in [0.1, 0.15) is 148 Å². The van der Waals surface area contributed by atoms with E-state index in [0.29, 0.717) is 115 Å². The Kier molecular flexibility index (Phi) is 31.3. The molecule has 2 unspecified atom stereocenters. The highest BCUT2D eigenvalue weighted by molar-refractivity contribution is 8.00. The summed E-state index contributed by atoms with van der Waals surface area (Å²) in [5.41, 5.74) is 10.5. The van der Waals surface area contributed by atoms with Gasteiger partial charge in [0.1, 0.15) is 53.5 Å². The van der Waals surface area contributed by atoms with Crippen molar-refractivity contribution in [2.45, 2.75) is 199 Å². The molecule has 14 rings (SSSR count). The SMILES string of the molecule is CC[C@]1(O)C[C@H]2CN(CCc3c([nH]c4ccccc34)[C@@](C(=O)OC)(c3cc4c(cc3OC)N(C)[C@H]3[C@@](O)(C(=O)N/N=C(\C)c5ccc(N6C(=O)CC(SC[C@H](NC(=O)[C@H](CC(=O)O)NC(=O)[C@H](CC(=O)O)NC(=O)[C@H](CCCNC(=N)N)NC(=O)[C@H](CC(=O)O)NC(=O)CC[C@H](NC(=O)c7ccc(NCc8cnc9nc(N)[nH]c(=O)c9n8)cc7)C(=O)O)C(=O)O)C6=O)cc5)[C@H](O)[C@]5(CC)C=CCN6CC[C@]43[C@@H]65)C2)C1. The second-order valence-corrected chi connectivity index (χ2v) is 38.4. The molecule has 24 N–H and O–H groups in total. The number of aromatic amines is 2. The number of benzene rings is 4. The molecule has 144 heavy (non-hydrogen) atoms. The molecule has 2 bridgehead atoms. The number of thioether (sulfide) groups is 1. The van der Waals surface area contributed by atoms with Crippen LogP contribution in [0, 0.1) is 16.7 Å². The zero-order valence-electron chi connectivity index (χ0n) is 79.3. The van der Waals surface area contributed by atoms with Gasteiger partial charge in [0, 0.05) is 120 Å². The number of likely N-dealkylation sites (N-methyl/N-ethyl adjacent to an activating group) is 1. The number of aliphatic hydroxyl groups is 3. The normalized spacial score (nSPS) is 24.2. The van der Waals surface area contributed by atoms with Crippen LogP contribution in [-0.4, -0.2) is 313 Å². The van der Waals surface area contributed by atoms with Crippen molar-refractivity contribution < 1.29 is 122 Å². The Morgan fingerprint density at radius 3 is 2.00 bits per heavy atom. The molecule has 1 saturated carbocycles. The first-order valence-electron chi connectivity index (χ1n) is 46.7. The molecule has 1 spiro atoms. The molecule has 9 amide bonds. The Hall–Kier alpha value is -15.1. The Morgan fingerprint density at radius 2 is 1.37 bits per heavy atom. The highest BCUT2D eigenvalue weighted by atomic mass is 32.2. The second-order valence-electron chi connectivity index (χ2n) is 37.2. The number of imide groups is 1. The number of nitrogen functional groups attached to an aromatic ring is 1. The Balaban J connectivity index is 0.614. The smallest absolute Gasteiger partial charge is 0.327 e. The maximum absolute atomic E-state index is 15.7. The van der Waals surface area contributed by atoms with Crippen molar-refractivity contribution in [3.63, 3.8) is 0 Å². The van der Waals surface area contributed by atoms with E-state index in [4.69, 9.17) is 26.4 Å². The number of carbonyl (C=O) groups is 15. The number of nitrogens with two attached hydrogens (primary N) is 2. The molecule has 4 aromatic carbocycles. The van der Waals surface area contributed by atoms with Gasteiger partial charge in [0.15, 0.2) is 22.7 Å². The molecule has 3 aromatic heterocycles. The van der Waals surface area contributed by atoms with Gasteiger partial charge in [-0.05, 0) is 142 Å². The van der Waals surface area contributed by atoms with Crippen LogP contribution in [0.15, 0.2) is 113 Å². The van der Waals surface area contributed by atoms with Crippen molar-refractivity contribution in [2.24, 2.45) is 22.2 Å². The molecule has 3 saturated heterocycles. The van der Waals surface area contributed by atoms with E-state index in [0.717, 1.165) is 21.4 Å². The third-order valence-electron chi connectivity index (χ3n) is 28.3. The van der Waals surface area contributed by atoms with Crippen LogP contribution in [0.5, 0.6) is 5.75 Å². The van der Waals surface area contributed by atoms with E-state index in [1.165, 1.54) is 68.9 Å². The molecule has 4 fully saturated rings. The van der Waals surface area contributed by atoms with E-state index in [1.54, 1.807) is 14.0 Å². The molecule has 1 aliphatic carbocycles. The number of hydrogen-bond donors (Lipinski definition) is 22. The number of methoxy groups -OCH3 is 2. The fourth-order valence-electron chi connectivity index (χ4n) is 21.6. The number of piperidine rings is 1. The summed E-state index contributed by atoms with van der Waals surface area (Å²) in [4.78, 5) is 243. The van der Waals surface area contributed by atoms with Crippen molar-refractivity contribution >= 4 is 157 Å². The van der Waals surface area contributed by atoms with Crippen molar-refractivity contribution in [1.82, 2.24) is 77.4 Å². The predicted molar refractivity (Wildman–Crippen MR) is 516 cm³/mol. The monoisotopic (exact) mass is 2010 g/mol. The van der Waals surface area contributed by atoms with Crippen LogP contribution in [0.25, 0.3) is 22.1 Å². The number of aromatic nitrogens is 5. The summed E-state index contributed by atoms with van der Waals surface area (Å²) in [5.74, 6) is -21.1. The predicted octanol–water partition coefficient (Wildman–Crippen LogP) is -0.767. The minimum absolute atomic E-state index is 0.0193. The van der Waals surface area contributed by atoms with Crippen LogP contribution in [0.4, 0.5) is 23.0 Å². The van der Waals surface area contributed by atoms with Crippen LogP contribution in [0.2, 0.25) is 0 Å². The zero-order valence-corrected chi connectivity index (χ0v) is 80.1. The number of rotatable bonds is 41. The maximum atomic E-state index is 15.7. The largest absolute Gasteiger partial charge is 0.496 e. The highest BCUT2D eigenvalue weighted by Crippen LogP contribution is 2.68. The molecule has 0 radical (unpaired) electrons. The fourth-order valence-corrected chi connectivity index (χ4v) is 22.8. The van der Waals surface area contributed by atoms with Gasteiger partial charge in [-0.1, -0.05) is 56.3 Å². The highest BCUT2D eigenvalue weighted by Gasteiger charge is 2.79. The first kappa shape index (κ1) is 105. The lowest BCUT2D eigenvalue weighted by molar-refractivity contribution is -0.203. The van der Waals surface area contributed by atoms with Crippen molar-refractivity contribution in [3.8, 4) is 5.75 Å². The number of H-pyrrole nitrogens is 2. The van der Waals surface area contributed by atoms with E-state index < -0.39 is 238 Å². The second kappa shape index (κ2) is 43.0. The van der Waals surface area contributed by atoms with Crippen molar-refractivity contribution in [1.29, 1.82) is 5.41 Å². The third kappa shape index (κ3) is 21.1. The lowest BCUT2D eigenvalue weighted by Crippen LogP contribution is -2.81. The number of fused-ring (bicyclic) bond motifs is 7. The Morgan fingerprint density at radius 1 is 0.729 bits per heavy atom. The third-order valence-corrected chi connectivity index (χ3v) is 29.6. The van der Waals surface area contributed by atoms with E-state index in [1.807, 2.05) is 72.6 Å². The van der Waals surface area contributed by atoms with Gasteiger partial charge in [0.2, 0.25) is 47.3 Å². The number of hydrogen-bond acceptors (Lipinski definition) is 32. The first-order chi connectivity index (χ1) is 68.4. The molecule has 49 heteroatoms. The summed E-state index contributed by atoms with van der Waals surface area (Å²) in [7, 11) is 4.63. The maximum Gasteiger partial charge on any atom is 0.327 e. The van der Waals surface area contributed by atoms with E-state index >= 15 is 9.59 Å². The molecule has 17 atom stereocenters. The number of nitrogens with one attached hydrogen (secondary N) is 12. The van der Waals surface area contributed by atoms with Crippen LogP contribution >= 0.6 is 11.8 Å². The molecule has 6 aliphatic heterocycles. The number of nitrogens with zero attached hydrogens (tertiary/aromatic N) is 8. The van der Waals surface area contributed by atoms with Gasteiger partial charge >= 0.3 is 35.8 Å². The number of aliphatic hydroxyl groups excluding tert-OH is 1. The summed E-state index contributed by atoms with van der Waals surface area (Å²) in [6, 6.07) is 9.09. The minimum atomic E-state index is -2.66. The van der Waals surface area contributed by atoms with Crippen LogP contribution < -0.4 is 79.5 Å². The number of hydrazone groups is 1. The van der Waals surface area contributed by atoms with Crippen molar-refractivity contribution in [2.75, 3.05) is 87.1 Å². The number of carboxylic acids is 5. The van der Waals surface area contributed by atoms with Gasteiger partial charge in [-0.3, -0.25) is 87.3 Å². The Bertz CT molecular complexity index is 6400. The molecule has 9 heterocycles. The summed E-state index contributed by atoms with van der Waals surface area (Å²) in [6.45, 7) is 7.89. The number of amides is 9. The molecule has 7 aromatic rings. The number of esters is 1. The molecular formula is C95H114N22O26S. The topological polar surface area (TPSA) is 733 Å². The first-order valence-corrected chi connectivity index (χ1v) is 47.7. The fraction of sp³-hybridized carbons (Fsp3) is 0.463. The lowest BCUT2D eigenvalue weighted by Gasteiger charge is -2.63. The van der Waals surface area contributed by atoms with E-state index in [2.05, 4.69) is 82.5 Å². The van der Waals surface area contributed by atoms with Gasteiger partial charge in [0.05, 0.1) is 80.2 Å². The van der Waals surface area contributed by atoms with Gasteiger partial charge < -0.3 is 114 Å². The number of ether oxygens (including phenoxy) is 2. The van der Waals surface area contributed by atoms with Crippen LogP contribution in [0.3, 0.4) is 0 Å². The minimum Gasteiger partial charge on any atom is -0.496 e. The molecular weight excluding hydrogens is 1900 g/mol. The van der Waals surface area contributed by atoms with E-state index in [-0.39, 0.29) is 72.3 Å². The zero-order chi connectivity index (χ0) is 104. The standard InChI is InChI=1S/C95H114N22O26S/c1-7-91(140)39-47-40-94(88(139)143-6,73-54(26-31-115(43-47)45-91)53-13-9-10-14-57(53)104-73)56-33-55-64(37-65(56)142-5)114(4)85-93(55)28-32-116-30-12-27-92(8-2,84(93)116)86(137)95(85,141)87(138)113-112-46(3)48-18-22-52(23-19-48)117-68(119)38-66(81(117)132)144-44-63(83(135)136)109-79(130)62(36-71(124)125)108-78(129)61(35-70(122)123)107-76(127)58(15-11-29-99-89(96)97)105-77(128)60(34-69(120)121)103-67(118)25-24-59(82(133)134)106-75(126)49-16-20-50(21-17-49)100-41-51-42-101-74-72(102-51)80(131)111-90(98)110-74/h9-10,12-14,16-23,27,33,37,42,47,58-63,66,84-86,100,104,137,140-141H,7-8,11,15,24-26,28-32,34-36,38-41,43-45H2,1-6H3,(H,103,118)(H,105,128)(H,106,126)(H,107,127)(H,108,129)(H,109,130)(H,113,138)(H,120,121)(H,122,123)(H,124,125)(H,133,134)(H,135,136)(H4,96,97,99)(H3,98,101,110,111,131)/b112-46+/t47-,58+,59+,60+,61+,62+,63+,66?,84+,85-,86-,91+,92-,93-,94+,95+/m1/s1. The summed E-state index contributed by atoms with van der Waals surface area (Å²) in [6.07, 6.45) is -0.748. The summed E-state index contributed by atoms with van der Waals surface area (Å²) < 4.78 is 12.5. The number of carbonyl (C=O) groups excluding carboxylic acids is 10. The van der Waals surface area contributed by atoms with E-state index in [9.17, 15) is 108 Å². The van der Waals surface area contributed by atoms with Gasteiger partial charge in [-0.25, -0.2) is 29.9 Å². The van der Waals surface area contributed by atoms with Crippen LogP contribution in [-0.2, 0) is 95.7 Å². The molecule has 766 valence electrons. The summed E-state index contributed by atoms with van der Waals surface area (Å²) in [5, 5.41) is 120. The molecule has 48 nitrogen and oxygen atoms in total. The number of aliphatic carboxylic acids is 5. The number of para-hydroxylation sites is 1. The Labute approximate surface area is 825 Å². The van der Waals surface area contributed by atoms with Crippen molar-refractivity contribution in [3.05, 3.63) is 153 Å². The summed E-state index contributed by atoms with van der Waals surface area (Å²) >= 11 is 0.608. The number of carboxylic acid groups (broad SMARTS) is 5. The van der Waals surface area contributed by atoms with Gasteiger partial charge in [-0.2, -0.15) is 10.1 Å². The number of anilines is 4. The van der Waals surface area contributed by atoms with Gasteiger partial charge in [0.25, 0.3) is 17.4 Å². The quantitative estimate of drug-likeness (QED) is 0.00426. The van der Waals surface area contributed by atoms with Gasteiger partial charge in [-0.15, -0.1) is 11.8 Å². The average molecular weight is 2010 g/mol. The average Bonchev–Trinajstić information content (AvgIpc) is 1.47. The molecule has 7 aliphatic rings.